The minimum atomic E-state index is 0.750. The second-order valence-corrected chi connectivity index (χ2v) is 7.78. The van der Waals surface area contributed by atoms with Gasteiger partial charge in [-0.25, -0.2) is 4.98 Å². The molecule has 0 N–H and O–H groups in total. The van der Waals surface area contributed by atoms with Crippen LogP contribution < -0.4 is 0 Å². The number of hydrogen-bond acceptors (Lipinski definition) is 3. The summed E-state index contributed by atoms with van der Waals surface area (Å²) in [4.78, 5) is 10.2. The Hall–Kier alpha value is -2.23. The molecular formula is C25H31N3. The Bertz CT molecular complexity index is 894. The fraction of sp³-hybridized carbons (Fsp3) is 0.400. The molecule has 1 aliphatic heterocycles. The van der Waals surface area contributed by atoms with Crippen molar-refractivity contribution < 1.29 is 0 Å². The third-order valence-corrected chi connectivity index (χ3v) is 6.15. The highest BCUT2D eigenvalue weighted by molar-refractivity contribution is 5.85. The van der Waals surface area contributed by atoms with Gasteiger partial charge >= 0.3 is 0 Å². The molecule has 2 aromatic carbocycles. The van der Waals surface area contributed by atoms with E-state index in [1.807, 2.05) is 0 Å². The molecule has 3 heteroatoms. The van der Waals surface area contributed by atoms with Crippen LogP contribution in [-0.4, -0.2) is 47.0 Å². The maximum absolute atomic E-state index is 4.93. The number of likely N-dealkylation sites (tertiary alicyclic amines) is 1. The van der Waals surface area contributed by atoms with E-state index in [4.69, 9.17) is 4.98 Å². The van der Waals surface area contributed by atoms with Crippen LogP contribution >= 0.6 is 0 Å². The van der Waals surface area contributed by atoms with Gasteiger partial charge < -0.3 is 4.90 Å². The molecule has 3 nitrogen and oxygen atoms in total. The Balaban J connectivity index is 1.57. The van der Waals surface area contributed by atoms with Crippen LogP contribution in [0.15, 0.2) is 60.7 Å². The fourth-order valence-electron chi connectivity index (χ4n) is 4.56. The van der Waals surface area contributed by atoms with E-state index in [9.17, 15) is 0 Å². The van der Waals surface area contributed by atoms with Crippen molar-refractivity contribution >= 4 is 10.9 Å². The molecule has 0 atom stereocenters. The predicted octanol–water partition coefficient (Wildman–Crippen LogP) is 5.21. The topological polar surface area (TPSA) is 19.4 Å². The third kappa shape index (κ3) is 4.11. The molecule has 4 rings (SSSR count). The number of nitrogens with zero attached hydrogens (tertiary/aromatic N) is 3. The van der Waals surface area contributed by atoms with Crippen LogP contribution in [0.2, 0.25) is 0 Å². The number of hydrogen-bond donors (Lipinski definition) is 0. The normalized spacial score (nSPS) is 16.1. The summed E-state index contributed by atoms with van der Waals surface area (Å²) < 4.78 is 0. The van der Waals surface area contributed by atoms with Gasteiger partial charge in [-0.15, -0.1) is 0 Å². The fourth-order valence-corrected chi connectivity index (χ4v) is 4.56. The van der Waals surface area contributed by atoms with Crippen molar-refractivity contribution in [3.05, 3.63) is 66.2 Å². The molecule has 0 saturated carbocycles. The second-order valence-electron chi connectivity index (χ2n) is 7.78. The molecule has 0 unspecified atom stereocenters. The lowest BCUT2D eigenvalue weighted by atomic mass is 10.0. The largest absolute Gasteiger partial charge is 0.301 e. The van der Waals surface area contributed by atoms with Crippen molar-refractivity contribution in [1.29, 1.82) is 0 Å². The number of benzene rings is 2. The first-order chi connectivity index (χ1) is 13.8. The maximum Gasteiger partial charge on any atom is 0.0712 e. The SMILES string of the molecule is CCN(CC)C1CCN(Cc2cc(-c3ccccc3)nc3ccccc23)CC1. The van der Waals surface area contributed by atoms with Crippen LogP contribution in [0.4, 0.5) is 0 Å². The Kier molecular flexibility index (Phi) is 6.04. The van der Waals surface area contributed by atoms with Crippen molar-refractivity contribution in [3.63, 3.8) is 0 Å². The lowest BCUT2D eigenvalue weighted by Gasteiger charge is -2.37. The smallest absolute Gasteiger partial charge is 0.0712 e. The van der Waals surface area contributed by atoms with Gasteiger partial charge in [0.15, 0.2) is 0 Å². The molecule has 0 radical (unpaired) electrons. The van der Waals surface area contributed by atoms with Crippen LogP contribution in [0.1, 0.15) is 32.3 Å². The molecule has 28 heavy (non-hydrogen) atoms. The minimum absolute atomic E-state index is 0.750. The first kappa shape index (κ1) is 19.1. The van der Waals surface area contributed by atoms with E-state index in [0.29, 0.717) is 0 Å². The zero-order valence-corrected chi connectivity index (χ0v) is 17.1. The third-order valence-electron chi connectivity index (χ3n) is 6.15. The highest BCUT2D eigenvalue weighted by atomic mass is 15.2. The molecule has 0 bridgehead atoms. The van der Waals surface area contributed by atoms with Crippen molar-refractivity contribution in [2.75, 3.05) is 26.2 Å². The summed E-state index contributed by atoms with van der Waals surface area (Å²) >= 11 is 0. The van der Waals surface area contributed by atoms with Crippen LogP contribution in [0, 0.1) is 0 Å². The van der Waals surface area contributed by atoms with Gasteiger partial charge in [-0.1, -0.05) is 62.4 Å². The lowest BCUT2D eigenvalue weighted by molar-refractivity contribution is 0.113. The Morgan fingerprint density at radius 1 is 0.929 bits per heavy atom. The predicted molar refractivity (Wildman–Crippen MR) is 118 cm³/mol. The Morgan fingerprint density at radius 2 is 1.61 bits per heavy atom. The number of rotatable bonds is 6. The van der Waals surface area contributed by atoms with Crippen LogP contribution in [0.5, 0.6) is 0 Å². The number of pyridine rings is 1. The van der Waals surface area contributed by atoms with Crippen LogP contribution in [0.3, 0.4) is 0 Å². The van der Waals surface area contributed by atoms with Crippen molar-refractivity contribution in [2.45, 2.75) is 39.3 Å². The average Bonchev–Trinajstić information content (AvgIpc) is 2.76. The van der Waals surface area contributed by atoms with Gasteiger partial charge in [0.1, 0.15) is 0 Å². The van der Waals surface area contributed by atoms with E-state index >= 15 is 0 Å². The second kappa shape index (κ2) is 8.85. The number of fused-ring (bicyclic) bond motifs is 1. The average molecular weight is 374 g/mol. The number of para-hydroxylation sites is 1. The summed E-state index contributed by atoms with van der Waals surface area (Å²) in [5.74, 6) is 0. The van der Waals surface area contributed by atoms with Crippen LogP contribution in [-0.2, 0) is 6.54 Å². The van der Waals surface area contributed by atoms with E-state index in [0.717, 1.165) is 36.9 Å². The number of aromatic nitrogens is 1. The van der Waals surface area contributed by atoms with E-state index in [2.05, 4.69) is 84.3 Å². The van der Waals surface area contributed by atoms with E-state index < -0.39 is 0 Å². The van der Waals surface area contributed by atoms with Crippen molar-refractivity contribution in [1.82, 2.24) is 14.8 Å². The monoisotopic (exact) mass is 373 g/mol. The minimum Gasteiger partial charge on any atom is -0.301 e. The van der Waals surface area contributed by atoms with Gasteiger partial charge in [0.2, 0.25) is 0 Å². The van der Waals surface area contributed by atoms with E-state index in [1.165, 1.54) is 42.4 Å². The first-order valence-electron chi connectivity index (χ1n) is 10.7. The van der Waals surface area contributed by atoms with Crippen molar-refractivity contribution in [3.8, 4) is 11.3 Å². The molecule has 1 fully saturated rings. The molecule has 1 aromatic heterocycles. The van der Waals surface area contributed by atoms with E-state index in [1.54, 1.807) is 0 Å². The highest BCUT2D eigenvalue weighted by Gasteiger charge is 2.23. The Morgan fingerprint density at radius 3 is 2.32 bits per heavy atom. The van der Waals surface area contributed by atoms with Gasteiger partial charge in [-0.3, -0.25) is 4.90 Å². The Labute approximate surface area is 169 Å². The molecule has 0 spiro atoms. The van der Waals surface area contributed by atoms with Crippen LogP contribution in [0.25, 0.3) is 22.2 Å². The molecule has 146 valence electrons. The summed E-state index contributed by atoms with van der Waals surface area (Å²) in [5.41, 5.74) is 4.75. The molecule has 3 aromatic rings. The summed E-state index contributed by atoms with van der Waals surface area (Å²) in [6.45, 7) is 10.3. The molecule has 0 aliphatic carbocycles. The molecule has 2 heterocycles. The molecule has 1 saturated heterocycles. The molecular weight excluding hydrogens is 342 g/mol. The summed E-state index contributed by atoms with van der Waals surface area (Å²) in [7, 11) is 0. The summed E-state index contributed by atoms with van der Waals surface area (Å²) in [6, 6.07) is 22.2. The van der Waals surface area contributed by atoms with Gasteiger partial charge in [-0.05, 0) is 56.7 Å². The molecule has 1 aliphatic rings. The van der Waals surface area contributed by atoms with Gasteiger partial charge in [0, 0.05) is 23.5 Å². The quantitative estimate of drug-likeness (QED) is 0.591. The number of piperidine rings is 1. The summed E-state index contributed by atoms with van der Waals surface area (Å²) in [6.07, 6.45) is 2.55. The van der Waals surface area contributed by atoms with Gasteiger partial charge in [0.25, 0.3) is 0 Å². The zero-order chi connectivity index (χ0) is 19.3. The van der Waals surface area contributed by atoms with E-state index in [-0.39, 0.29) is 0 Å². The molecule has 0 amide bonds. The van der Waals surface area contributed by atoms with Crippen molar-refractivity contribution in [2.24, 2.45) is 0 Å². The first-order valence-corrected chi connectivity index (χ1v) is 10.7. The maximum atomic E-state index is 4.93. The highest BCUT2D eigenvalue weighted by Crippen LogP contribution is 2.27. The standard InChI is InChI=1S/C25H31N3/c1-3-28(4-2)22-14-16-27(17-15-22)19-21-18-25(20-10-6-5-7-11-20)26-24-13-9-8-12-23(21)24/h5-13,18,22H,3-4,14-17,19H2,1-2H3. The lowest BCUT2D eigenvalue weighted by Crippen LogP contribution is -2.44. The van der Waals surface area contributed by atoms with Gasteiger partial charge in [0.05, 0.1) is 11.2 Å². The zero-order valence-electron chi connectivity index (χ0n) is 17.1. The van der Waals surface area contributed by atoms with Gasteiger partial charge in [-0.2, -0.15) is 0 Å². The summed E-state index contributed by atoms with van der Waals surface area (Å²) in [5, 5.41) is 1.29.